The van der Waals surface area contributed by atoms with E-state index >= 15 is 0 Å². The van der Waals surface area contributed by atoms with E-state index in [4.69, 9.17) is 27.5 Å². The number of carboxylic acids is 2. The van der Waals surface area contributed by atoms with Crippen molar-refractivity contribution in [3.63, 3.8) is 0 Å². The van der Waals surface area contributed by atoms with Gasteiger partial charge in [0.1, 0.15) is 12.2 Å². The molecule has 0 unspecified atom stereocenters. The Morgan fingerprint density at radius 1 is 1.30 bits per heavy atom. The van der Waals surface area contributed by atoms with E-state index in [-0.39, 0.29) is 28.9 Å². The molecule has 0 spiro atoms. The summed E-state index contributed by atoms with van der Waals surface area (Å²) in [5.74, 6) is -1.33. The van der Waals surface area contributed by atoms with Crippen LogP contribution in [0.4, 0.5) is 5.82 Å². The minimum absolute atomic E-state index is 0.0760. The summed E-state index contributed by atoms with van der Waals surface area (Å²) in [6, 6.07) is 7.56. The predicted octanol–water partition coefficient (Wildman–Crippen LogP) is 0.0623. The molecule has 14 nitrogen and oxygen atoms in total. The summed E-state index contributed by atoms with van der Waals surface area (Å²) in [5, 5.41) is 54.0. The number of carboxylic acid groups (broad SMARTS) is 2. The Bertz CT molecular complexity index is 1430. The van der Waals surface area contributed by atoms with Crippen LogP contribution in [0.2, 0.25) is 5.28 Å². The Morgan fingerprint density at radius 3 is 2.58 bits per heavy atom. The number of aromatic nitrogens is 4. The average Bonchev–Trinajstić information content (AvgIpc) is 3.45. The predicted molar refractivity (Wildman–Crippen MR) is 138 cm³/mol. The molecule has 0 radical (unpaired) electrons. The molecule has 4 rings (SSSR count). The number of carbonyl (C=O) groups is 2. The molecule has 3 aromatic rings. The number of halogens is 1. The third-order valence-corrected chi connectivity index (χ3v) is 6.71. The summed E-state index contributed by atoms with van der Waals surface area (Å²) in [6.07, 6.45) is 1.41. The molecule has 2 aromatic heterocycles. The lowest BCUT2D eigenvalue weighted by Gasteiger charge is -2.30. The average molecular weight is 576 g/mol. The van der Waals surface area contributed by atoms with Crippen molar-refractivity contribution in [2.45, 2.75) is 49.0 Å². The number of nitrogens with zero attached hydrogens (tertiary/aromatic N) is 4. The minimum atomic E-state index is -2.75. The first-order chi connectivity index (χ1) is 19.0. The molecular weight excluding hydrogens is 550 g/mol. The highest BCUT2D eigenvalue weighted by Crippen LogP contribution is 2.39. The Hall–Kier alpha value is -3.84. The molecule has 212 valence electrons. The topological polar surface area (TPSA) is 209 Å². The molecule has 3 heterocycles. The van der Waals surface area contributed by atoms with Gasteiger partial charge in [-0.15, -0.1) is 6.42 Å². The molecule has 40 heavy (non-hydrogen) atoms. The van der Waals surface area contributed by atoms with E-state index in [0.717, 1.165) is 0 Å². The number of terminal acetylenes is 1. The van der Waals surface area contributed by atoms with Crippen molar-refractivity contribution >= 4 is 40.5 Å². The van der Waals surface area contributed by atoms with Gasteiger partial charge in [-0.05, 0) is 24.1 Å². The van der Waals surface area contributed by atoms with Crippen LogP contribution in [0.5, 0.6) is 0 Å². The van der Waals surface area contributed by atoms with Crippen LogP contribution in [0, 0.1) is 12.3 Å². The molecule has 15 heteroatoms. The SMILES string of the molecule is C#C[C@@]1(O)[C@@H](COC(Cc2ccccc2)(C(=O)O)C(=O)O)O[C@@H](n2cnc3c(N[C@@H](C)CO)nc(Cl)nc32)[C@@H]1O. The number of fused-ring (bicyclic) bond motifs is 1. The first-order valence-electron chi connectivity index (χ1n) is 11.9. The molecule has 0 amide bonds. The van der Waals surface area contributed by atoms with E-state index in [1.54, 1.807) is 25.1 Å². The second kappa shape index (κ2) is 11.3. The molecule has 0 saturated carbocycles. The molecule has 1 fully saturated rings. The van der Waals surface area contributed by atoms with Crippen LogP contribution >= 0.6 is 11.6 Å². The molecule has 6 N–H and O–H groups in total. The number of rotatable bonds is 11. The zero-order valence-electron chi connectivity index (χ0n) is 21.0. The summed E-state index contributed by atoms with van der Waals surface area (Å²) in [7, 11) is 0. The first-order valence-corrected chi connectivity index (χ1v) is 12.3. The molecule has 0 bridgehead atoms. The second-order valence-electron chi connectivity index (χ2n) is 9.23. The fourth-order valence-electron chi connectivity index (χ4n) is 4.29. The highest BCUT2D eigenvalue weighted by atomic mass is 35.5. The van der Waals surface area contributed by atoms with Crippen molar-refractivity contribution in [3.05, 3.63) is 47.5 Å². The largest absolute Gasteiger partial charge is 0.479 e. The maximum Gasteiger partial charge on any atom is 0.348 e. The standard InChI is InChI=1S/C25H26ClN5O9/c1-3-24(38)15(11-39-25(21(34)35,22(36)37)9-14-7-5-4-6-8-14)40-20(17(24)33)31-12-27-16-18(28-13(2)10-32)29-23(26)30-19(16)31/h1,4-8,12-13,15,17,20,32-33,38H,9-11H2,2H3,(H,34,35)(H,36,37)(H,28,29,30)/t13-,15+,17-,20+,24+/m0/s1. The Labute approximate surface area is 232 Å². The van der Waals surface area contributed by atoms with E-state index in [2.05, 4.69) is 26.2 Å². The zero-order chi connectivity index (χ0) is 29.2. The third kappa shape index (κ3) is 5.18. The fraction of sp³-hybridized carbons (Fsp3) is 0.400. The Balaban J connectivity index is 1.66. The van der Waals surface area contributed by atoms with E-state index in [9.17, 15) is 35.1 Å². The minimum Gasteiger partial charge on any atom is -0.479 e. The number of aliphatic carboxylic acids is 2. The summed E-state index contributed by atoms with van der Waals surface area (Å²) in [6.45, 7) is 0.652. The van der Waals surface area contributed by atoms with Crippen molar-refractivity contribution in [2.24, 2.45) is 0 Å². The highest BCUT2D eigenvalue weighted by molar-refractivity contribution is 6.28. The van der Waals surface area contributed by atoms with Crippen LogP contribution in [0.15, 0.2) is 36.7 Å². The number of hydrogen-bond donors (Lipinski definition) is 6. The van der Waals surface area contributed by atoms with E-state index in [0.29, 0.717) is 5.56 Å². The number of anilines is 1. The highest BCUT2D eigenvalue weighted by Gasteiger charge is 2.58. The van der Waals surface area contributed by atoms with Crippen LogP contribution < -0.4 is 5.32 Å². The summed E-state index contributed by atoms with van der Waals surface area (Å²) in [4.78, 5) is 36.8. The summed E-state index contributed by atoms with van der Waals surface area (Å²) in [5.41, 5.74) is -4.54. The van der Waals surface area contributed by atoms with Crippen molar-refractivity contribution in [3.8, 4) is 12.3 Å². The number of ether oxygens (including phenoxy) is 2. The van der Waals surface area contributed by atoms with Crippen LogP contribution in [0.3, 0.4) is 0 Å². The number of benzene rings is 1. The van der Waals surface area contributed by atoms with Gasteiger partial charge in [-0.2, -0.15) is 9.97 Å². The molecule has 1 aromatic carbocycles. The van der Waals surface area contributed by atoms with E-state index in [1.807, 2.05) is 0 Å². The van der Waals surface area contributed by atoms with Crippen molar-refractivity contribution in [1.29, 1.82) is 0 Å². The van der Waals surface area contributed by atoms with E-state index < -0.39 is 60.6 Å². The quantitative estimate of drug-likeness (QED) is 0.102. The number of hydrogen-bond acceptors (Lipinski definition) is 11. The monoisotopic (exact) mass is 575 g/mol. The van der Waals surface area contributed by atoms with Gasteiger partial charge in [0.2, 0.25) is 5.28 Å². The van der Waals surface area contributed by atoms with Crippen LogP contribution in [-0.2, 0) is 25.5 Å². The summed E-state index contributed by atoms with van der Waals surface area (Å²) < 4.78 is 12.5. The van der Waals surface area contributed by atoms with Gasteiger partial charge in [0, 0.05) is 12.5 Å². The van der Waals surface area contributed by atoms with Crippen molar-refractivity contribution in [1.82, 2.24) is 19.5 Å². The van der Waals surface area contributed by atoms with Gasteiger partial charge in [-0.1, -0.05) is 36.3 Å². The van der Waals surface area contributed by atoms with Gasteiger partial charge in [-0.25, -0.2) is 14.6 Å². The fourth-order valence-corrected chi connectivity index (χ4v) is 4.46. The maximum absolute atomic E-state index is 12.2. The van der Waals surface area contributed by atoms with E-state index in [1.165, 1.54) is 23.0 Å². The van der Waals surface area contributed by atoms with Crippen molar-refractivity contribution < 1.29 is 44.6 Å². The molecule has 5 atom stereocenters. The molecule has 0 aliphatic carbocycles. The summed E-state index contributed by atoms with van der Waals surface area (Å²) >= 11 is 6.08. The number of nitrogens with one attached hydrogen (secondary N) is 1. The van der Waals surface area contributed by atoms with Gasteiger partial charge >= 0.3 is 11.9 Å². The van der Waals surface area contributed by atoms with Gasteiger partial charge in [-0.3, -0.25) is 4.57 Å². The molecular formula is C25H26ClN5O9. The lowest BCUT2D eigenvalue weighted by Crippen LogP contribution is -2.55. The lowest BCUT2D eigenvalue weighted by atomic mass is 9.92. The number of aliphatic hydroxyl groups excluding tert-OH is 2. The Morgan fingerprint density at radius 2 is 1.98 bits per heavy atom. The second-order valence-corrected chi connectivity index (χ2v) is 9.57. The lowest BCUT2D eigenvalue weighted by molar-refractivity contribution is -0.191. The van der Waals surface area contributed by atoms with Crippen LogP contribution in [-0.4, -0.2) is 99.7 Å². The van der Waals surface area contributed by atoms with Gasteiger partial charge in [0.25, 0.3) is 5.60 Å². The number of aliphatic hydroxyl groups is 3. The third-order valence-electron chi connectivity index (χ3n) is 6.54. The maximum atomic E-state index is 12.2. The molecule has 1 saturated heterocycles. The van der Waals surface area contributed by atoms with Crippen LogP contribution in [0.25, 0.3) is 11.2 Å². The van der Waals surface area contributed by atoms with Crippen molar-refractivity contribution in [2.75, 3.05) is 18.5 Å². The van der Waals surface area contributed by atoms with Crippen LogP contribution in [0.1, 0.15) is 18.7 Å². The first kappa shape index (κ1) is 29.2. The van der Waals surface area contributed by atoms with Gasteiger partial charge in [0.05, 0.1) is 19.5 Å². The van der Waals surface area contributed by atoms with Gasteiger partial charge in [0.15, 0.2) is 28.8 Å². The molecule has 1 aliphatic rings. The van der Waals surface area contributed by atoms with Gasteiger partial charge < -0.3 is 40.3 Å². The zero-order valence-corrected chi connectivity index (χ0v) is 21.8. The Kier molecular flexibility index (Phi) is 8.26. The number of imidazole rings is 1. The molecule has 1 aliphatic heterocycles. The smallest absolute Gasteiger partial charge is 0.348 e. The normalized spacial score (nSPS) is 23.6.